The van der Waals surface area contributed by atoms with Crippen LogP contribution in [0.15, 0.2) is 0 Å². The van der Waals surface area contributed by atoms with Crippen LogP contribution in [0.3, 0.4) is 0 Å². The molecule has 13 heavy (non-hydrogen) atoms. The normalized spacial score (nSPS) is 13.2. The van der Waals surface area contributed by atoms with E-state index in [0.29, 0.717) is 0 Å². The molecule has 0 saturated carbocycles. The van der Waals surface area contributed by atoms with Gasteiger partial charge in [-0.1, -0.05) is 58.3 Å². The topological polar surface area (TPSA) is 19.9 Å². The minimum Gasteiger partial charge on any atom is -0.233 e. The third-order valence-corrected chi connectivity index (χ3v) is 2.46. The molecule has 0 aliphatic rings. The van der Waals surface area contributed by atoms with Gasteiger partial charge in [0.1, 0.15) is 0 Å². The minimum atomic E-state index is -0.347. The average molecular weight is 185 g/mol. The third-order valence-electron chi connectivity index (χ3n) is 2.46. The molecule has 1 heteroatoms. The van der Waals surface area contributed by atoms with E-state index >= 15 is 0 Å². The predicted molar refractivity (Wildman–Crippen MR) is 57.4 cm³/mol. The summed E-state index contributed by atoms with van der Waals surface area (Å²) in [5.74, 6) is 0. The molecule has 0 fully saturated rings. The molecule has 79 valence electrons. The fraction of sp³-hybridized carbons (Fsp3) is 1.00. The zero-order valence-corrected chi connectivity index (χ0v) is 9.35. The predicted octanol–water partition coefficient (Wildman–Crippen LogP) is 4.34. The molecule has 0 aliphatic carbocycles. The lowest BCUT2D eigenvalue weighted by Crippen LogP contribution is -1.95. The van der Waals surface area contributed by atoms with E-state index in [1.165, 1.54) is 44.9 Å². The first-order valence-corrected chi connectivity index (χ1v) is 5.93. The highest BCUT2D eigenvalue weighted by Gasteiger charge is 1.96. The van der Waals surface area contributed by atoms with Crippen LogP contribution in [0.1, 0.15) is 71.6 Å². The monoisotopic (exact) mass is 185 g/mol. The molecule has 0 bridgehead atoms. The van der Waals surface area contributed by atoms with Gasteiger partial charge in [-0.3, -0.25) is 0 Å². The van der Waals surface area contributed by atoms with Crippen molar-refractivity contribution in [3.63, 3.8) is 0 Å². The molecular formula is C12H25O. The molecule has 0 rings (SSSR count). The highest BCUT2D eigenvalue weighted by atomic mass is 16.3. The van der Waals surface area contributed by atoms with Crippen molar-refractivity contribution in [1.82, 2.24) is 0 Å². The summed E-state index contributed by atoms with van der Waals surface area (Å²) in [5, 5.41) is 10.7. The minimum absolute atomic E-state index is 0.347. The highest BCUT2D eigenvalue weighted by Crippen LogP contribution is 2.10. The van der Waals surface area contributed by atoms with Crippen molar-refractivity contribution in [3.05, 3.63) is 0 Å². The van der Waals surface area contributed by atoms with Crippen LogP contribution in [0, 0.1) is 0 Å². The third kappa shape index (κ3) is 12.0. The van der Waals surface area contributed by atoms with Crippen molar-refractivity contribution in [2.24, 2.45) is 0 Å². The van der Waals surface area contributed by atoms with E-state index in [1.54, 1.807) is 6.92 Å². The van der Waals surface area contributed by atoms with Crippen LogP contribution in [0.25, 0.3) is 0 Å². The van der Waals surface area contributed by atoms with Gasteiger partial charge in [-0.15, -0.1) is 0 Å². The molecule has 0 spiro atoms. The summed E-state index contributed by atoms with van der Waals surface area (Å²) < 4.78 is 0. The van der Waals surface area contributed by atoms with E-state index in [-0.39, 0.29) is 6.10 Å². The fourth-order valence-corrected chi connectivity index (χ4v) is 1.57. The maximum atomic E-state index is 10.7. The van der Waals surface area contributed by atoms with Gasteiger partial charge >= 0.3 is 0 Å². The second-order valence-electron chi connectivity index (χ2n) is 4.07. The largest absolute Gasteiger partial charge is 0.233 e. The van der Waals surface area contributed by atoms with Crippen molar-refractivity contribution in [2.45, 2.75) is 77.7 Å². The van der Waals surface area contributed by atoms with Crippen LogP contribution < -0.4 is 0 Å². The SMILES string of the molecule is CCCCCCCCCCC(C)[O]. The lowest BCUT2D eigenvalue weighted by Gasteiger charge is -2.02. The quantitative estimate of drug-likeness (QED) is 0.476. The van der Waals surface area contributed by atoms with E-state index in [9.17, 15) is 5.11 Å². The molecule has 0 aliphatic heterocycles. The summed E-state index contributed by atoms with van der Waals surface area (Å²) in [4.78, 5) is 0. The van der Waals surface area contributed by atoms with Gasteiger partial charge in [0.05, 0.1) is 6.10 Å². The summed E-state index contributed by atoms with van der Waals surface area (Å²) in [7, 11) is 0. The summed E-state index contributed by atoms with van der Waals surface area (Å²) in [6.07, 6.45) is 11.1. The summed E-state index contributed by atoms with van der Waals surface area (Å²) >= 11 is 0. The Hall–Kier alpha value is -0.0400. The molecule has 0 saturated heterocycles. The molecule has 1 radical (unpaired) electrons. The van der Waals surface area contributed by atoms with E-state index < -0.39 is 0 Å². The van der Waals surface area contributed by atoms with E-state index in [2.05, 4.69) is 6.92 Å². The van der Waals surface area contributed by atoms with Gasteiger partial charge in [-0.05, 0) is 13.3 Å². The van der Waals surface area contributed by atoms with Crippen LogP contribution in [0.2, 0.25) is 0 Å². The zero-order chi connectivity index (χ0) is 9.94. The first kappa shape index (κ1) is 13.0. The molecule has 1 nitrogen and oxygen atoms in total. The summed E-state index contributed by atoms with van der Waals surface area (Å²) in [5.41, 5.74) is 0. The molecule has 1 unspecified atom stereocenters. The lowest BCUT2D eigenvalue weighted by molar-refractivity contribution is 0.0950. The molecule has 0 aromatic heterocycles. The van der Waals surface area contributed by atoms with Crippen molar-refractivity contribution in [3.8, 4) is 0 Å². The number of hydrogen-bond acceptors (Lipinski definition) is 0. The van der Waals surface area contributed by atoms with Crippen LogP contribution in [0.5, 0.6) is 0 Å². The smallest absolute Gasteiger partial charge is 0.0902 e. The van der Waals surface area contributed by atoms with Gasteiger partial charge in [0.15, 0.2) is 0 Å². The second-order valence-corrected chi connectivity index (χ2v) is 4.07. The van der Waals surface area contributed by atoms with Crippen LogP contribution in [-0.2, 0) is 5.11 Å². The van der Waals surface area contributed by atoms with Gasteiger partial charge < -0.3 is 0 Å². The molecule has 1 atom stereocenters. The number of hydrogen-bond donors (Lipinski definition) is 0. The van der Waals surface area contributed by atoms with Gasteiger partial charge in [-0.2, -0.15) is 0 Å². The Labute approximate surface area is 83.5 Å². The first-order chi connectivity index (χ1) is 6.27. The first-order valence-electron chi connectivity index (χ1n) is 5.93. The summed E-state index contributed by atoms with van der Waals surface area (Å²) in [6.45, 7) is 4.01. The Morgan fingerprint density at radius 1 is 0.846 bits per heavy atom. The average Bonchev–Trinajstić information content (AvgIpc) is 2.09. The van der Waals surface area contributed by atoms with Crippen LogP contribution in [-0.4, -0.2) is 6.10 Å². The van der Waals surface area contributed by atoms with Gasteiger partial charge in [-0.25, -0.2) is 5.11 Å². The van der Waals surface area contributed by atoms with Gasteiger partial charge in [0.2, 0.25) is 0 Å². The molecule has 0 aromatic carbocycles. The van der Waals surface area contributed by atoms with Crippen LogP contribution in [0.4, 0.5) is 0 Å². The van der Waals surface area contributed by atoms with Gasteiger partial charge in [0.25, 0.3) is 0 Å². The molecule has 0 amide bonds. The highest BCUT2D eigenvalue weighted by molar-refractivity contribution is 4.49. The standard InChI is InChI=1S/C12H25O/c1-3-4-5-6-7-8-9-10-11-12(2)13/h12H,3-11H2,1-2H3. The van der Waals surface area contributed by atoms with E-state index in [0.717, 1.165) is 12.8 Å². The van der Waals surface area contributed by atoms with Crippen molar-refractivity contribution >= 4 is 0 Å². The Bertz CT molecular complexity index is 89.1. The molecule has 0 aromatic rings. The van der Waals surface area contributed by atoms with Gasteiger partial charge in [0, 0.05) is 0 Å². The Morgan fingerprint density at radius 3 is 1.77 bits per heavy atom. The zero-order valence-electron chi connectivity index (χ0n) is 9.35. The lowest BCUT2D eigenvalue weighted by atomic mass is 10.1. The number of rotatable bonds is 9. The maximum Gasteiger partial charge on any atom is 0.0902 e. The van der Waals surface area contributed by atoms with Crippen LogP contribution >= 0.6 is 0 Å². The van der Waals surface area contributed by atoms with Crippen molar-refractivity contribution in [2.75, 3.05) is 0 Å². The fourth-order valence-electron chi connectivity index (χ4n) is 1.57. The van der Waals surface area contributed by atoms with E-state index in [4.69, 9.17) is 0 Å². The Kier molecular flexibility index (Phi) is 10.0. The van der Waals surface area contributed by atoms with Crippen molar-refractivity contribution < 1.29 is 5.11 Å². The maximum absolute atomic E-state index is 10.7. The number of unbranched alkanes of at least 4 members (excludes halogenated alkanes) is 7. The van der Waals surface area contributed by atoms with E-state index in [1.807, 2.05) is 0 Å². The molecular weight excluding hydrogens is 160 g/mol. The Morgan fingerprint density at radius 2 is 1.31 bits per heavy atom. The Balaban J connectivity index is 2.84. The molecule has 0 N–H and O–H groups in total. The molecule has 0 heterocycles. The summed E-state index contributed by atoms with van der Waals surface area (Å²) in [6, 6.07) is 0. The van der Waals surface area contributed by atoms with Crippen molar-refractivity contribution in [1.29, 1.82) is 0 Å². The second kappa shape index (κ2) is 10.0.